The molecule has 1 aromatic heterocycles. The van der Waals surface area contributed by atoms with Gasteiger partial charge in [0.15, 0.2) is 0 Å². The largest absolute Gasteiger partial charge is 0.496 e. The normalized spacial score (nSPS) is 14.7. The summed E-state index contributed by atoms with van der Waals surface area (Å²) in [5, 5.41) is 6.55. The highest BCUT2D eigenvalue weighted by molar-refractivity contribution is 6.39. The van der Waals surface area contributed by atoms with Gasteiger partial charge in [-0.3, -0.25) is 4.79 Å². The van der Waals surface area contributed by atoms with E-state index in [9.17, 15) is 4.79 Å². The summed E-state index contributed by atoms with van der Waals surface area (Å²) in [6.07, 6.45) is 1.85. The van der Waals surface area contributed by atoms with Crippen molar-refractivity contribution in [3.63, 3.8) is 0 Å². The van der Waals surface area contributed by atoms with Gasteiger partial charge < -0.3 is 15.0 Å². The Morgan fingerprint density at radius 1 is 1.07 bits per heavy atom. The van der Waals surface area contributed by atoms with Gasteiger partial charge in [0.25, 0.3) is 5.91 Å². The number of hydrogen-bond acceptors (Lipinski definition) is 2. The van der Waals surface area contributed by atoms with Crippen LogP contribution in [0.2, 0.25) is 5.15 Å². The van der Waals surface area contributed by atoms with Gasteiger partial charge in [0.1, 0.15) is 10.9 Å². The van der Waals surface area contributed by atoms with Crippen molar-refractivity contribution >= 4 is 56.5 Å². The fraction of sp³-hybridized carbons (Fsp3) is 0.0870. The zero-order valence-corrected chi connectivity index (χ0v) is 16.1. The van der Waals surface area contributed by atoms with Gasteiger partial charge in [0.2, 0.25) is 0 Å². The monoisotopic (exact) mass is 388 g/mol. The number of aryl methyl sites for hydroxylation is 1. The molecule has 0 bridgehead atoms. The predicted molar refractivity (Wildman–Crippen MR) is 115 cm³/mol. The first-order valence-corrected chi connectivity index (χ1v) is 9.35. The molecule has 5 heteroatoms. The molecule has 0 atom stereocenters. The van der Waals surface area contributed by atoms with Crippen LogP contribution in [-0.2, 0) is 4.79 Å². The summed E-state index contributed by atoms with van der Waals surface area (Å²) >= 11 is 6.49. The van der Waals surface area contributed by atoms with Crippen LogP contribution in [0.3, 0.4) is 0 Å². The SMILES string of the molecule is COc1cc2c(/C=C3/C(=O)Nc4c3ccc3ccccc43)c(Cl)[nH]c2cc1C. The second-order valence-electron chi connectivity index (χ2n) is 6.94. The first-order chi connectivity index (χ1) is 13.6. The molecule has 0 aliphatic carbocycles. The summed E-state index contributed by atoms with van der Waals surface area (Å²) in [7, 11) is 1.65. The molecule has 4 aromatic rings. The van der Waals surface area contributed by atoms with Crippen LogP contribution in [0.15, 0.2) is 48.5 Å². The molecule has 0 radical (unpaired) electrons. The number of nitrogens with one attached hydrogen (secondary N) is 2. The number of carbonyl (C=O) groups excluding carboxylic acids is 1. The Morgan fingerprint density at radius 2 is 1.89 bits per heavy atom. The van der Waals surface area contributed by atoms with Crippen LogP contribution in [0.1, 0.15) is 16.7 Å². The van der Waals surface area contributed by atoms with E-state index in [0.717, 1.165) is 49.8 Å². The number of fused-ring (bicyclic) bond motifs is 4. The Hall–Kier alpha value is -3.24. The molecule has 2 N–H and O–H groups in total. The van der Waals surface area contributed by atoms with E-state index in [1.807, 2.05) is 61.5 Å². The third-order valence-electron chi connectivity index (χ3n) is 5.30. The van der Waals surface area contributed by atoms with Gasteiger partial charge in [-0.1, -0.05) is 48.0 Å². The van der Waals surface area contributed by atoms with E-state index >= 15 is 0 Å². The molecule has 28 heavy (non-hydrogen) atoms. The van der Waals surface area contributed by atoms with E-state index in [4.69, 9.17) is 16.3 Å². The van der Waals surface area contributed by atoms with E-state index in [1.165, 1.54) is 0 Å². The summed E-state index contributed by atoms with van der Waals surface area (Å²) in [4.78, 5) is 16.0. The standard InChI is InChI=1S/C23H17ClN2O2/c1-12-9-19-16(11-20(12)28-2)17(22(24)25-19)10-18-15-8-7-13-5-3-4-6-14(13)21(15)26-23(18)27/h3-11,25H,1-2H3,(H,26,27)/b18-10+. The van der Waals surface area contributed by atoms with Crippen LogP contribution in [0, 0.1) is 6.92 Å². The number of halogens is 1. The average molecular weight is 389 g/mol. The van der Waals surface area contributed by atoms with Crippen LogP contribution in [0.5, 0.6) is 5.75 Å². The molecular weight excluding hydrogens is 372 g/mol. The van der Waals surface area contributed by atoms with Gasteiger partial charge in [-0.05, 0) is 36.1 Å². The van der Waals surface area contributed by atoms with Crippen LogP contribution in [-0.4, -0.2) is 18.0 Å². The lowest BCUT2D eigenvalue weighted by atomic mass is 9.99. The number of aromatic nitrogens is 1. The van der Waals surface area contributed by atoms with Crippen molar-refractivity contribution in [3.05, 3.63) is 70.4 Å². The van der Waals surface area contributed by atoms with E-state index < -0.39 is 0 Å². The number of methoxy groups -OCH3 is 1. The molecule has 1 amide bonds. The van der Waals surface area contributed by atoms with Gasteiger partial charge in [0, 0.05) is 33.0 Å². The van der Waals surface area contributed by atoms with Crippen molar-refractivity contribution < 1.29 is 9.53 Å². The van der Waals surface area contributed by atoms with E-state index in [0.29, 0.717) is 10.7 Å². The molecule has 0 saturated heterocycles. The second-order valence-corrected chi connectivity index (χ2v) is 7.32. The lowest BCUT2D eigenvalue weighted by Crippen LogP contribution is -2.03. The summed E-state index contributed by atoms with van der Waals surface area (Å²) in [5.74, 6) is 0.654. The number of carbonyl (C=O) groups is 1. The van der Waals surface area contributed by atoms with Gasteiger partial charge in [-0.2, -0.15) is 0 Å². The predicted octanol–water partition coefficient (Wildman–Crippen LogP) is 5.78. The molecule has 1 aliphatic heterocycles. The maximum Gasteiger partial charge on any atom is 0.256 e. The third kappa shape index (κ3) is 2.42. The van der Waals surface area contributed by atoms with Crippen molar-refractivity contribution in [1.29, 1.82) is 0 Å². The van der Waals surface area contributed by atoms with Crippen molar-refractivity contribution in [1.82, 2.24) is 4.98 Å². The number of H-pyrrole nitrogens is 1. The van der Waals surface area contributed by atoms with Gasteiger partial charge in [-0.15, -0.1) is 0 Å². The Balaban J connectivity index is 1.74. The molecule has 0 spiro atoms. The lowest BCUT2D eigenvalue weighted by molar-refractivity contribution is -0.110. The van der Waals surface area contributed by atoms with Crippen LogP contribution in [0.25, 0.3) is 33.3 Å². The number of rotatable bonds is 2. The molecule has 138 valence electrons. The third-order valence-corrected chi connectivity index (χ3v) is 5.60. The molecule has 2 heterocycles. The fourth-order valence-corrected chi connectivity index (χ4v) is 4.16. The minimum absolute atomic E-state index is 0.129. The number of amides is 1. The highest BCUT2D eigenvalue weighted by Gasteiger charge is 2.26. The van der Waals surface area contributed by atoms with Gasteiger partial charge in [0.05, 0.1) is 12.8 Å². The van der Waals surface area contributed by atoms with E-state index in [-0.39, 0.29) is 5.91 Å². The van der Waals surface area contributed by atoms with Crippen molar-refractivity contribution in [3.8, 4) is 5.75 Å². The van der Waals surface area contributed by atoms with Crippen LogP contribution >= 0.6 is 11.6 Å². The van der Waals surface area contributed by atoms with Gasteiger partial charge >= 0.3 is 0 Å². The molecule has 3 aromatic carbocycles. The van der Waals surface area contributed by atoms with E-state index in [1.54, 1.807) is 7.11 Å². The van der Waals surface area contributed by atoms with Crippen molar-refractivity contribution in [2.75, 3.05) is 12.4 Å². The number of aromatic amines is 1. The minimum Gasteiger partial charge on any atom is -0.496 e. The first-order valence-electron chi connectivity index (χ1n) is 8.98. The Labute approximate surface area is 166 Å². The average Bonchev–Trinajstić information content (AvgIpc) is 3.17. The Kier molecular flexibility index (Phi) is 3.71. The quantitative estimate of drug-likeness (QED) is 0.427. The van der Waals surface area contributed by atoms with Crippen LogP contribution in [0.4, 0.5) is 5.69 Å². The van der Waals surface area contributed by atoms with Gasteiger partial charge in [-0.25, -0.2) is 0 Å². The Morgan fingerprint density at radius 3 is 2.71 bits per heavy atom. The topological polar surface area (TPSA) is 54.1 Å². The summed E-state index contributed by atoms with van der Waals surface area (Å²) in [6, 6.07) is 16.0. The van der Waals surface area contributed by atoms with Crippen molar-refractivity contribution in [2.24, 2.45) is 0 Å². The maximum atomic E-state index is 12.8. The first kappa shape index (κ1) is 16.9. The summed E-state index contributed by atoms with van der Waals surface area (Å²) in [5.41, 5.74) is 5.03. The summed E-state index contributed by atoms with van der Waals surface area (Å²) in [6.45, 7) is 1.98. The lowest BCUT2D eigenvalue weighted by Gasteiger charge is -2.05. The molecule has 5 rings (SSSR count). The fourth-order valence-electron chi connectivity index (χ4n) is 3.90. The maximum absolute atomic E-state index is 12.8. The highest BCUT2D eigenvalue weighted by Crippen LogP contribution is 2.40. The van der Waals surface area contributed by atoms with Crippen LogP contribution < -0.4 is 10.1 Å². The molecule has 4 nitrogen and oxygen atoms in total. The van der Waals surface area contributed by atoms with Crippen molar-refractivity contribution in [2.45, 2.75) is 6.92 Å². The molecule has 0 saturated carbocycles. The molecule has 1 aliphatic rings. The highest BCUT2D eigenvalue weighted by atomic mass is 35.5. The minimum atomic E-state index is -0.129. The smallest absolute Gasteiger partial charge is 0.256 e. The molecular formula is C23H17ClN2O2. The number of ether oxygens (including phenoxy) is 1. The zero-order chi connectivity index (χ0) is 19.4. The Bertz CT molecular complexity index is 1320. The second kappa shape index (κ2) is 6.14. The number of benzene rings is 3. The number of anilines is 1. The number of hydrogen-bond donors (Lipinski definition) is 2. The molecule has 0 fully saturated rings. The summed E-state index contributed by atoms with van der Waals surface area (Å²) < 4.78 is 5.46. The molecule has 0 unspecified atom stereocenters. The zero-order valence-electron chi connectivity index (χ0n) is 15.4. The van der Waals surface area contributed by atoms with E-state index in [2.05, 4.69) is 10.3 Å².